The molecule has 0 radical (unpaired) electrons. The molecule has 21 heavy (non-hydrogen) atoms. The van der Waals surface area contributed by atoms with Gasteiger partial charge in [-0.1, -0.05) is 36.4 Å². The average molecular weight is 287 g/mol. The number of alkyl halides is 2. The number of nitrogens with two attached hydrogens (primary N) is 1. The lowest BCUT2D eigenvalue weighted by Crippen LogP contribution is -2.15. The first-order valence-electron chi connectivity index (χ1n) is 6.70. The van der Waals surface area contributed by atoms with Gasteiger partial charge in [-0.15, -0.1) is 0 Å². The third kappa shape index (κ3) is 2.92. The third-order valence-corrected chi connectivity index (χ3v) is 3.45. The fourth-order valence-electron chi connectivity index (χ4n) is 2.30. The van der Waals surface area contributed by atoms with Crippen LogP contribution in [0.25, 0.3) is 11.0 Å². The molecular formula is C16H15F2N3. The lowest BCUT2D eigenvalue weighted by Gasteiger charge is -2.09. The molecule has 0 aliphatic heterocycles. The highest BCUT2D eigenvalue weighted by atomic mass is 19.3. The van der Waals surface area contributed by atoms with Crippen LogP contribution >= 0.6 is 0 Å². The number of fused-ring (bicyclic) bond motifs is 1. The largest absolute Gasteiger partial charge is 0.341 e. The predicted molar refractivity (Wildman–Crippen MR) is 78.1 cm³/mol. The van der Waals surface area contributed by atoms with E-state index in [1.165, 1.54) is 12.1 Å². The van der Waals surface area contributed by atoms with E-state index >= 15 is 0 Å². The maximum Gasteiger partial charge on any atom is 0.263 e. The molecule has 0 aliphatic carbocycles. The number of nitrogens with one attached hydrogen (secondary N) is 1. The number of rotatable bonds is 4. The van der Waals surface area contributed by atoms with Crippen molar-refractivity contribution < 1.29 is 8.78 Å². The number of nitrogens with zero attached hydrogens (tertiary/aromatic N) is 1. The van der Waals surface area contributed by atoms with E-state index in [2.05, 4.69) is 9.97 Å². The van der Waals surface area contributed by atoms with Crippen LogP contribution in [0.1, 0.15) is 29.4 Å². The van der Waals surface area contributed by atoms with Gasteiger partial charge in [0, 0.05) is 5.56 Å². The van der Waals surface area contributed by atoms with Crippen molar-refractivity contribution in [3.63, 3.8) is 0 Å². The summed E-state index contributed by atoms with van der Waals surface area (Å²) in [6.45, 7) is 0. The topological polar surface area (TPSA) is 54.7 Å². The number of halogens is 2. The summed E-state index contributed by atoms with van der Waals surface area (Å²) in [6, 6.07) is 13.6. The Bertz CT molecular complexity index is 702. The highest BCUT2D eigenvalue weighted by Gasteiger charge is 2.13. The van der Waals surface area contributed by atoms with Crippen LogP contribution in [0.2, 0.25) is 0 Å². The van der Waals surface area contributed by atoms with Gasteiger partial charge in [-0.2, -0.15) is 0 Å². The minimum atomic E-state index is -2.44. The summed E-state index contributed by atoms with van der Waals surface area (Å²) in [5.74, 6) is 0.703. The first-order valence-corrected chi connectivity index (χ1v) is 6.70. The lowest BCUT2D eigenvalue weighted by molar-refractivity contribution is 0.151. The Balaban J connectivity index is 1.77. The Hall–Kier alpha value is -2.27. The van der Waals surface area contributed by atoms with E-state index < -0.39 is 6.43 Å². The molecule has 2 aromatic carbocycles. The van der Waals surface area contributed by atoms with Crippen molar-refractivity contribution in [2.45, 2.75) is 18.9 Å². The Morgan fingerprint density at radius 3 is 2.43 bits per heavy atom. The van der Waals surface area contributed by atoms with Crippen molar-refractivity contribution in [1.82, 2.24) is 9.97 Å². The van der Waals surface area contributed by atoms with E-state index in [0.717, 1.165) is 16.6 Å². The minimum absolute atomic E-state index is 0.0241. The molecule has 1 atom stereocenters. The maximum atomic E-state index is 12.5. The number of H-pyrrole nitrogens is 1. The summed E-state index contributed by atoms with van der Waals surface area (Å²) < 4.78 is 25.0. The summed E-state index contributed by atoms with van der Waals surface area (Å²) in [5, 5.41) is 0. The van der Waals surface area contributed by atoms with Gasteiger partial charge >= 0.3 is 0 Å². The van der Waals surface area contributed by atoms with Crippen LogP contribution in [0, 0.1) is 0 Å². The molecule has 0 spiro atoms. The van der Waals surface area contributed by atoms with E-state index in [1.54, 1.807) is 12.1 Å². The molecule has 5 heteroatoms. The molecule has 3 aromatic rings. The number of imidazole rings is 1. The lowest BCUT2D eigenvalue weighted by atomic mass is 10.0. The molecule has 1 heterocycles. The standard InChI is InChI=1S/C16H15F2N3/c17-15(18)11-7-5-10(6-8-11)9-12(19)16-20-13-3-1-2-4-14(13)21-16/h1-8,12,15H,9,19H2,(H,20,21). The van der Waals surface area contributed by atoms with Gasteiger partial charge in [0.1, 0.15) is 5.82 Å². The molecule has 0 aliphatic rings. The smallest absolute Gasteiger partial charge is 0.263 e. The minimum Gasteiger partial charge on any atom is -0.341 e. The molecule has 0 bridgehead atoms. The van der Waals surface area contributed by atoms with Crippen LogP contribution in [-0.2, 0) is 6.42 Å². The van der Waals surface area contributed by atoms with Gasteiger partial charge in [-0.05, 0) is 24.1 Å². The van der Waals surface area contributed by atoms with Crippen LogP contribution in [0.3, 0.4) is 0 Å². The Kier molecular flexibility index (Phi) is 3.66. The number of hydrogen-bond acceptors (Lipinski definition) is 2. The summed E-state index contributed by atoms with van der Waals surface area (Å²) in [4.78, 5) is 7.64. The van der Waals surface area contributed by atoms with Crippen molar-refractivity contribution in [3.05, 3.63) is 65.5 Å². The van der Waals surface area contributed by atoms with Crippen molar-refractivity contribution in [2.75, 3.05) is 0 Å². The zero-order valence-electron chi connectivity index (χ0n) is 11.3. The predicted octanol–water partition coefficient (Wildman–Crippen LogP) is 3.74. The van der Waals surface area contributed by atoms with Gasteiger partial charge in [-0.25, -0.2) is 13.8 Å². The van der Waals surface area contributed by atoms with E-state index in [9.17, 15) is 8.78 Å². The fraction of sp³-hybridized carbons (Fsp3) is 0.188. The zero-order valence-corrected chi connectivity index (χ0v) is 11.3. The van der Waals surface area contributed by atoms with E-state index in [-0.39, 0.29) is 11.6 Å². The van der Waals surface area contributed by atoms with Crippen molar-refractivity contribution >= 4 is 11.0 Å². The Labute approximate surface area is 120 Å². The third-order valence-electron chi connectivity index (χ3n) is 3.45. The second kappa shape index (κ2) is 5.61. The second-order valence-electron chi connectivity index (χ2n) is 4.99. The molecule has 3 nitrogen and oxygen atoms in total. The summed E-state index contributed by atoms with van der Waals surface area (Å²) in [7, 11) is 0. The van der Waals surface area contributed by atoms with Gasteiger partial charge < -0.3 is 10.7 Å². The van der Waals surface area contributed by atoms with Crippen LogP contribution in [0.5, 0.6) is 0 Å². The van der Waals surface area contributed by atoms with Crippen LogP contribution in [0.4, 0.5) is 8.78 Å². The number of hydrogen-bond donors (Lipinski definition) is 2. The quantitative estimate of drug-likeness (QED) is 0.768. The maximum absolute atomic E-state index is 12.5. The van der Waals surface area contributed by atoms with Crippen LogP contribution in [-0.4, -0.2) is 9.97 Å². The summed E-state index contributed by atoms with van der Waals surface area (Å²) in [5.41, 5.74) is 8.89. The fourth-order valence-corrected chi connectivity index (χ4v) is 2.30. The molecule has 1 aromatic heterocycles. The molecule has 3 N–H and O–H groups in total. The van der Waals surface area contributed by atoms with Gasteiger partial charge in [0.05, 0.1) is 17.1 Å². The summed E-state index contributed by atoms with van der Waals surface area (Å²) >= 11 is 0. The van der Waals surface area contributed by atoms with E-state index in [4.69, 9.17) is 5.73 Å². The molecule has 3 rings (SSSR count). The highest BCUT2D eigenvalue weighted by molar-refractivity contribution is 5.74. The first kappa shape index (κ1) is 13.7. The monoisotopic (exact) mass is 287 g/mol. The van der Waals surface area contributed by atoms with Gasteiger partial charge in [0.2, 0.25) is 0 Å². The normalized spacial score (nSPS) is 13.0. The first-order chi connectivity index (χ1) is 10.1. The number of aromatic amines is 1. The van der Waals surface area contributed by atoms with Gasteiger partial charge in [0.25, 0.3) is 6.43 Å². The van der Waals surface area contributed by atoms with Crippen molar-refractivity contribution in [3.8, 4) is 0 Å². The van der Waals surface area contributed by atoms with Gasteiger partial charge in [-0.3, -0.25) is 0 Å². The SMILES string of the molecule is NC(Cc1ccc(C(F)F)cc1)c1nc2ccccc2[nH]1. The van der Waals surface area contributed by atoms with Crippen LogP contribution < -0.4 is 5.73 Å². The van der Waals surface area contributed by atoms with E-state index in [1.807, 2.05) is 24.3 Å². The van der Waals surface area contributed by atoms with Crippen molar-refractivity contribution in [1.29, 1.82) is 0 Å². The number of para-hydroxylation sites is 2. The molecule has 1 unspecified atom stereocenters. The average Bonchev–Trinajstić information content (AvgIpc) is 2.92. The second-order valence-corrected chi connectivity index (χ2v) is 4.99. The van der Waals surface area contributed by atoms with E-state index in [0.29, 0.717) is 12.2 Å². The number of benzene rings is 2. The zero-order chi connectivity index (χ0) is 14.8. The molecule has 108 valence electrons. The highest BCUT2D eigenvalue weighted by Crippen LogP contribution is 2.21. The van der Waals surface area contributed by atoms with Gasteiger partial charge in [0.15, 0.2) is 0 Å². The molecular weight excluding hydrogens is 272 g/mol. The Morgan fingerprint density at radius 2 is 1.76 bits per heavy atom. The molecule has 0 fully saturated rings. The van der Waals surface area contributed by atoms with Crippen molar-refractivity contribution in [2.24, 2.45) is 5.73 Å². The molecule has 0 saturated carbocycles. The van der Waals surface area contributed by atoms with Crippen LogP contribution in [0.15, 0.2) is 48.5 Å². The number of aromatic nitrogens is 2. The summed E-state index contributed by atoms with van der Waals surface area (Å²) in [6.07, 6.45) is -1.90. The molecule has 0 amide bonds. The molecule has 0 saturated heterocycles. The Morgan fingerprint density at radius 1 is 1.05 bits per heavy atom.